The molecule has 5 heteroatoms. The van der Waals surface area contributed by atoms with E-state index in [4.69, 9.17) is 9.47 Å². The van der Waals surface area contributed by atoms with Crippen molar-refractivity contribution in [3.8, 4) is 0 Å². The van der Waals surface area contributed by atoms with Crippen LogP contribution < -0.4 is 0 Å². The minimum atomic E-state index is -0.472. The van der Waals surface area contributed by atoms with Crippen molar-refractivity contribution in [2.75, 3.05) is 13.2 Å². The molecule has 2 radical (unpaired) electrons. The van der Waals surface area contributed by atoms with Gasteiger partial charge >= 0.3 is 35.8 Å². The molecule has 146 valence electrons. The van der Waals surface area contributed by atoms with E-state index in [2.05, 4.69) is 13.8 Å². The van der Waals surface area contributed by atoms with Crippen molar-refractivity contribution in [1.29, 1.82) is 0 Å². The fourth-order valence-electron chi connectivity index (χ4n) is 2.34. The third kappa shape index (κ3) is 21.4. The molecule has 0 atom stereocenters. The van der Waals surface area contributed by atoms with Gasteiger partial charge < -0.3 is 9.47 Å². The Labute approximate surface area is 171 Å². The van der Waals surface area contributed by atoms with Crippen LogP contribution in [0.5, 0.6) is 0 Å². The normalized spacial score (nSPS) is 10.5. The molecule has 0 bridgehead atoms. The quantitative estimate of drug-likeness (QED) is 0.148. The maximum atomic E-state index is 11.4. The second-order valence-corrected chi connectivity index (χ2v) is 6.20. The summed E-state index contributed by atoms with van der Waals surface area (Å²) in [5.41, 5.74) is 0. The van der Waals surface area contributed by atoms with E-state index >= 15 is 0 Å². The average molecular weight is 461 g/mol. The van der Waals surface area contributed by atoms with Crippen LogP contribution in [0.2, 0.25) is 0 Å². The number of unbranched alkanes of at least 4 members (excludes halogenated alkanes) is 10. The number of rotatable bonds is 16. The summed E-state index contributed by atoms with van der Waals surface area (Å²) in [6.45, 7) is 5.21. The van der Waals surface area contributed by atoms with Gasteiger partial charge in [-0.15, -0.1) is 0 Å². The molecule has 0 saturated carbocycles. The molecule has 0 spiro atoms. The van der Waals surface area contributed by atoms with Crippen LogP contribution in [0.4, 0.5) is 0 Å². The third-order valence-electron chi connectivity index (χ3n) is 3.84. The molecule has 0 aliphatic carbocycles. The van der Waals surface area contributed by atoms with Crippen LogP contribution in [0, 0.1) is 0 Å². The Morgan fingerprint density at radius 3 is 1.28 bits per heavy atom. The first-order valence-electron chi connectivity index (χ1n) is 9.72. The van der Waals surface area contributed by atoms with Gasteiger partial charge in [-0.2, -0.15) is 0 Å². The summed E-state index contributed by atoms with van der Waals surface area (Å²) in [7, 11) is 0. The van der Waals surface area contributed by atoms with Crippen molar-refractivity contribution in [2.45, 2.75) is 90.9 Å². The van der Waals surface area contributed by atoms with Crippen LogP contribution in [-0.4, -0.2) is 49.1 Å². The van der Waals surface area contributed by atoms with Crippen LogP contribution in [0.3, 0.4) is 0 Å². The molecule has 0 aliphatic heterocycles. The zero-order valence-electron chi connectivity index (χ0n) is 16.4. The number of ether oxygens (including phenoxy) is 2. The first-order valence-corrected chi connectivity index (χ1v) is 9.72. The molecule has 25 heavy (non-hydrogen) atoms. The van der Waals surface area contributed by atoms with Crippen molar-refractivity contribution in [3.63, 3.8) is 0 Å². The molecule has 0 aromatic rings. The van der Waals surface area contributed by atoms with Gasteiger partial charge in [0.2, 0.25) is 0 Å². The molecule has 0 amide bonds. The van der Waals surface area contributed by atoms with E-state index in [1.54, 1.807) is 0 Å². The Bertz CT molecular complexity index is 311. The van der Waals surface area contributed by atoms with Gasteiger partial charge in [0.25, 0.3) is 0 Å². The van der Waals surface area contributed by atoms with Gasteiger partial charge in [0.1, 0.15) is 0 Å². The molecule has 0 N–H and O–H groups in total. The molecule has 0 rings (SSSR count). The van der Waals surface area contributed by atoms with Crippen molar-refractivity contribution < 1.29 is 19.1 Å². The van der Waals surface area contributed by atoms with E-state index in [9.17, 15) is 9.59 Å². The third-order valence-corrected chi connectivity index (χ3v) is 3.84. The Morgan fingerprint density at radius 2 is 0.920 bits per heavy atom. The maximum absolute atomic E-state index is 11.4. The number of carbonyl (C=O) groups excluding carboxylic acids is 2. The van der Waals surface area contributed by atoms with Gasteiger partial charge in [-0.1, -0.05) is 78.1 Å². The van der Waals surface area contributed by atoms with Gasteiger partial charge in [-0.25, -0.2) is 9.59 Å². The molecule has 0 aliphatic rings. The summed E-state index contributed by atoms with van der Waals surface area (Å²) < 4.78 is 10.1. The van der Waals surface area contributed by atoms with Crippen molar-refractivity contribution in [1.82, 2.24) is 0 Å². The van der Waals surface area contributed by atoms with E-state index < -0.39 is 11.9 Å². The summed E-state index contributed by atoms with van der Waals surface area (Å²) in [6.07, 6.45) is 16.1. The van der Waals surface area contributed by atoms with Crippen LogP contribution in [-0.2, 0) is 19.1 Å². The van der Waals surface area contributed by atoms with E-state index in [0.717, 1.165) is 37.8 Å². The van der Waals surface area contributed by atoms with Crippen LogP contribution in [0.15, 0.2) is 12.2 Å². The number of hydrogen-bond acceptors (Lipinski definition) is 4. The molecule has 0 heterocycles. The fourth-order valence-corrected chi connectivity index (χ4v) is 2.34. The van der Waals surface area contributed by atoms with E-state index in [1.165, 1.54) is 51.4 Å². The van der Waals surface area contributed by atoms with Gasteiger partial charge in [-0.05, 0) is 12.8 Å². The Kier molecular flexibility index (Phi) is 23.0. The Balaban J connectivity index is 0. The summed E-state index contributed by atoms with van der Waals surface area (Å²) in [5.74, 6) is -0.944. The monoisotopic (exact) mass is 462 g/mol. The van der Waals surface area contributed by atoms with Crippen LogP contribution >= 0.6 is 0 Å². The molecule has 0 aromatic heterocycles. The standard InChI is InChI=1S/C20H36O4.Sn.2H/c1-3-5-7-9-11-13-17-23-19(21)15-16-20(22)24-18-14-12-10-8-6-4-2;;;/h15-16H,3-14,17-18H2,1-2H3;;;/b16-15-;;;. The molecular formula is C20H38O4Sn. The van der Waals surface area contributed by atoms with Crippen molar-refractivity contribution >= 4 is 35.8 Å². The van der Waals surface area contributed by atoms with Crippen molar-refractivity contribution in [2.24, 2.45) is 0 Å². The number of hydrogen-bond donors (Lipinski definition) is 0. The molecule has 0 saturated heterocycles. The SMILES string of the molecule is CCCCCCCCOC(=O)/C=C\C(=O)OCCCCCCCC.[SnH2]. The number of carbonyl (C=O) groups is 2. The summed E-state index contributed by atoms with van der Waals surface area (Å²) in [6, 6.07) is 0. The average Bonchev–Trinajstić information content (AvgIpc) is 2.58. The second kappa shape index (κ2) is 21.5. The minimum absolute atomic E-state index is 0. The van der Waals surface area contributed by atoms with Gasteiger partial charge in [0.15, 0.2) is 0 Å². The second-order valence-electron chi connectivity index (χ2n) is 6.20. The van der Waals surface area contributed by atoms with E-state index in [0.29, 0.717) is 13.2 Å². The predicted molar refractivity (Wildman–Crippen MR) is 106 cm³/mol. The summed E-state index contributed by atoms with van der Waals surface area (Å²) >= 11 is 0. The first kappa shape index (κ1) is 26.7. The van der Waals surface area contributed by atoms with Gasteiger partial charge in [-0.3, -0.25) is 0 Å². The molecular weight excluding hydrogens is 423 g/mol. The van der Waals surface area contributed by atoms with Gasteiger partial charge in [0, 0.05) is 12.2 Å². The fraction of sp³-hybridized carbons (Fsp3) is 0.800. The zero-order valence-corrected chi connectivity index (χ0v) is 20.4. The number of esters is 2. The first-order chi connectivity index (χ1) is 11.7. The molecule has 0 aromatic carbocycles. The van der Waals surface area contributed by atoms with Crippen LogP contribution in [0.25, 0.3) is 0 Å². The summed E-state index contributed by atoms with van der Waals surface area (Å²) in [4.78, 5) is 22.9. The van der Waals surface area contributed by atoms with Crippen molar-refractivity contribution in [3.05, 3.63) is 12.2 Å². The predicted octanol–water partition coefficient (Wildman–Crippen LogP) is 4.43. The van der Waals surface area contributed by atoms with Gasteiger partial charge in [0.05, 0.1) is 13.2 Å². The topological polar surface area (TPSA) is 52.6 Å². The molecule has 4 nitrogen and oxygen atoms in total. The zero-order chi connectivity index (χ0) is 17.9. The van der Waals surface area contributed by atoms with Crippen LogP contribution in [0.1, 0.15) is 90.9 Å². The molecule has 0 unspecified atom stereocenters. The van der Waals surface area contributed by atoms with E-state index in [-0.39, 0.29) is 23.9 Å². The van der Waals surface area contributed by atoms with E-state index in [1.807, 2.05) is 0 Å². The summed E-state index contributed by atoms with van der Waals surface area (Å²) in [5, 5.41) is 0. The Morgan fingerprint density at radius 1 is 0.600 bits per heavy atom. The Hall–Kier alpha value is -0.521. The molecule has 0 fully saturated rings.